The van der Waals surface area contributed by atoms with E-state index < -0.39 is 0 Å². The molecule has 0 aromatic rings. The van der Waals surface area contributed by atoms with Crippen molar-refractivity contribution in [2.75, 3.05) is 13.2 Å². The minimum atomic E-state index is 0.310. The van der Waals surface area contributed by atoms with Crippen LogP contribution in [-0.2, 0) is 4.74 Å². The second-order valence-corrected chi connectivity index (χ2v) is 2.84. The predicted octanol–water partition coefficient (Wildman–Crippen LogP) is 0.760. The van der Waals surface area contributed by atoms with Crippen LogP contribution in [-0.4, -0.2) is 19.3 Å². The molecule has 2 heteroatoms. The molecule has 0 spiro atoms. The van der Waals surface area contributed by atoms with Crippen molar-refractivity contribution in [1.82, 2.24) is 0 Å². The number of ether oxygens (including phenoxy) is 1. The minimum Gasteiger partial charge on any atom is -0.381 e. The Morgan fingerprint density at radius 1 is 1.67 bits per heavy atom. The van der Waals surface area contributed by atoms with Gasteiger partial charge in [-0.05, 0) is 25.7 Å². The van der Waals surface area contributed by atoms with Gasteiger partial charge in [0.25, 0.3) is 0 Å². The fourth-order valence-corrected chi connectivity index (χ4v) is 1.18. The van der Waals surface area contributed by atoms with E-state index in [0.717, 1.165) is 13.2 Å². The molecule has 2 N–H and O–H groups in total. The van der Waals surface area contributed by atoms with Gasteiger partial charge in [0, 0.05) is 12.6 Å². The van der Waals surface area contributed by atoms with Crippen LogP contribution in [0, 0.1) is 5.92 Å². The van der Waals surface area contributed by atoms with E-state index in [2.05, 4.69) is 6.92 Å². The zero-order valence-electron chi connectivity index (χ0n) is 5.97. The largest absolute Gasteiger partial charge is 0.381 e. The average Bonchev–Trinajstić information content (AvgIpc) is 1.90. The summed E-state index contributed by atoms with van der Waals surface area (Å²) in [5, 5.41) is 0. The van der Waals surface area contributed by atoms with Gasteiger partial charge in [0.2, 0.25) is 0 Å². The number of hydrogen-bond donors (Lipinski definition) is 1. The summed E-state index contributed by atoms with van der Waals surface area (Å²) in [6.07, 6.45) is 2.43. The van der Waals surface area contributed by atoms with Crippen LogP contribution in [0.4, 0.5) is 0 Å². The van der Waals surface area contributed by atoms with Gasteiger partial charge in [0.1, 0.15) is 0 Å². The van der Waals surface area contributed by atoms with E-state index in [1.165, 1.54) is 12.8 Å². The highest BCUT2D eigenvalue weighted by atomic mass is 16.5. The van der Waals surface area contributed by atoms with Gasteiger partial charge in [-0.15, -0.1) is 0 Å². The van der Waals surface area contributed by atoms with Crippen molar-refractivity contribution in [2.45, 2.75) is 25.8 Å². The number of nitrogens with two attached hydrogens (primary N) is 1. The second kappa shape index (κ2) is 3.18. The zero-order valence-corrected chi connectivity index (χ0v) is 5.97. The lowest BCUT2D eigenvalue weighted by atomic mass is 9.96. The Labute approximate surface area is 56.4 Å². The van der Waals surface area contributed by atoms with Crippen molar-refractivity contribution in [2.24, 2.45) is 11.7 Å². The molecule has 1 aliphatic heterocycles. The summed E-state index contributed by atoms with van der Waals surface area (Å²) >= 11 is 0. The molecule has 0 aromatic carbocycles. The van der Waals surface area contributed by atoms with Crippen LogP contribution < -0.4 is 5.73 Å². The molecule has 2 unspecified atom stereocenters. The first kappa shape index (κ1) is 7.03. The number of hydrogen-bond acceptors (Lipinski definition) is 2. The lowest BCUT2D eigenvalue weighted by molar-refractivity contribution is 0.0472. The van der Waals surface area contributed by atoms with Gasteiger partial charge in [-0.25, -0.2) is 0 Å². The molecule has 1 fully saturated rings. The quantitative estimate of drug-likeness (QED) is 0.567. The maximum absolute atomic E-state index is 5.69. The molecular formula is C7H15NO. The molecule has 0 aromatic heterocycles. The maximum Gasteiger partial charge on any atom is 0.0508 e. The molecule has 0 radical (unpaired) electrons. The van der Waals surface area contributed by atoms with Crippen molar-refractivity contribution >= 4 is 0 Å². The van der Waals surface area contributed by atoms with Gasteiger partial charge in [-0.3, -0.25) is 0 Å². The summed E-state index contributed by atoms with van der Waals surface area (Å²) in [7, 11) is 0. The molecule has 9 heavy (non-hydrogen) atoms. The summed E-state index contributed by atoms with van der Waals surface area (Å²) in [5.74, 6) is 0.610. The van der Waals surface area contributed by atoms with Crippen molar-refractivity contribution in [1.29, 1.82) is 0 Å². The van der Waals surface area contributed by atoms with Crippen molar-refractivity contribution in [3.05, 3.63) is 0 Å². The van der Waals surface area contributed by atoms with Gasteiger partial charge >= 0.3 is 0 Å². The van der Waals surface area contributed by atoms with Crippen LogP contribution in [0.3, 0.4) is 0 Å². The Hall–Kier alpha value is -0.0800. The molecule has 0 bridgehead atoms. The van der Waals surface area contributed by atoms with Crippen LogP contribution in [0.1, 0.15) is 19.8 Å². The van der Waals surface area contributed by atoms with Gasteiger partial charge in [-0.2, -0.15) is 0 Å². The first-order valence-corrected chi connectivity index (χ1v) is 3.64. The maximum atomic E-state index is 5.69. The summed E-state index contributed by atoms with van der Waals surface area (Å²) in [6.45, 7) is 3.86. The molecular weight excluding hydrogens is 114 g/mol. The lowest BCUT2D eigenvalue weighted by Gasteiger charge is -2.24. The zero-order chi connectivity index (χ0) is 6.69. The molecule has 1 rings (SSSR count). The Balaban J connectivity index is 2.23. The fourth-order valence-electron chi connectivity index (χ4n) is 1.18. The fraction of sp³-hybridized carbons (Fsp3) is 1.00. The summed E-state index contributed by atoms with van der Waals surface area (Å²) in [4.78, 5) is 0. The van der Waals surface area contributed by atoms with Crippen LogP contribution >= 0.6 is 0 Å². The molecule has 0 aliphatic carbocycles. The van der Waals surface area contributed by atoms with E-state index in [-0.39, 0.29) is 0 Å². The van der Waals surface area contributed by atoms with Gasteiger partial charge < -0.3 is 10.5 Å². The van der Waals surface area contributed by atoms with E-state index in [0.29, 0.717) is 12.0 Å². The van der Waals surface area contributed by atoms with Gasteiger partial charge in [0.05, 0.1) is 6.61 Å². The molecule has 1 heterocycles. The van der Waals surface area contributed by atoms with E-state index in [1.807, 2.05) is 0 Å². The Kier molecular flexibility index (Phi) is 2.49. The van der Waals surface area contributed by atoms with E-state index in [4.69, 9.17) is 10.5 Å². The lowest BCUT2D eigenvalue weighted by Crippen LogP contribution is -2.33. The predicted molar refractivity (Wildman–Crippen MR) is 37.2 cm³/mol. The second-order valence-electron chi connectivity index (χ2n) is 2.84. The van der Waals surface area contributed by atoms with Crippen LogP contribution in [0.25, 0.3) is 0 Å². The van der Waals surface area contributed by atoms with E-state index in [9.17, 15) is 0 Å². The molecule has 0 saturated carbocycles. The van der Waals surface area contributed by atoms with Crippen LogP contribution in [0.5, 0.6) is 0 Å². The van der Waals surface area contributed by atoms with Crippen LogP contribution in [0.2, 0.25) is 0 Å². The van der Waals surface area contributed by atoms with Crippen molar-refractivity contribution < 1.29 is 4.74 Å². The highest BCUT2D eigenvalue weighted by Crippen LogP contribution is 2.15. The summed E-state index contributed by atoms with van der Waals surface area (Å²) < 4.78 is 5.26. The summed E-state index contributed by atoms with van der Waals surface area (Å²) in [5.41, 5.74) is 5.69. The van der Waals surface area contributed by atoms with Gasteiger partial charge in [-0.1, -0.05) is 0 Å². The Morgan fingerprint density at radius 3 is 2.78 bits per heavy atom. The third-order valence-corrected chi connectivity index (χ3v) is 1.94. The summed E-state index contributed by atoms with van der Waals surface area (Å²) in [6, 6.07) is 0.310. The first-order valence-electron chi connectivity index (χ1n) is 3.64. The monoisotopic (exact) mass is 129 g/mol. The van der Waals surface area contributed by atoms with Gasteiger partial charge in [0.15, 0.2) is 0 Å². The molecule has 54 valence electrons. The molecule has 1 aliphatic rings. The van der Waals surface area contributed by atoms with E-state index >= 15 is 0 Å². The smallest absolute Gasteiger partial charge is 0.0508 e. The Morgan fingerprint density at radius 2 is 2.44 bits per heavy atom. The SMILES string of the molecule is CC(N)C1CCCOC1. The third-order valence-electron chi connectivity index (χ3n) is 1.94. The highest BCUT2D eigenvalue weighted by Gasteiger charge is 2.16. The molecule has 1 saturated heterocycles. The van der Waals surface area contributed by atoms with Crippen molar-refractivity contribution in [3.8, 4) is 0 Å². The standard InChI is InChI=1S/C7H15NO/c1-6(8)7-3-2-4-9-5-7/h6-7H,2-5,8H2,1H3. The molecule has 2 atom stereocenters. The highest BCUT2D eigenvalue weighted by molar-refractivity contribution is 4.70. The average molecular weight is 129 g/mol. The molecule has 0 amide bonds. The normalized spacial score (nSPS) is 32.0. The van der Waals surface area contributed by atoms with Crippen molar-refractivity contribution in [3.63, 3.8) is 0 Å². The minimum absolute atomic E-state index is 0.310. The third kappa shape index (κ3) is 1.95. The molecule has 2 nitrogen and oxygen atoms in total. The first-order chi connectivity index (χ1) is 4.30. The van der Waals surface area contributed by atoms with Crippen LogP contribution in [0.15, 0.2) is 0 Å². The topological polar surface area (TPSA) is 35.2 Å². The van der Waals surface area contributed by atoms with E-state index in [1.54, 1.807) is 0 Å². The number of rotatable bonds is 1. The Bertz CT molecular complexity index is 77.0.